The summed E-state index contributed by atoms with van der Waals surface area (Å²) in [4.78, 5) is 32.1. The third-order valence-electron chi connectivity index (χ3n) is 5.27. The van der Waals surface area contributed by atoms with Gasteiger partial charge in [0.05, 0.1) is 11.3 Å². The van der Waals surface area contributed by atoms with Crippen molar-refractivity contribution in [2.24, 2.45) is 5.16 Å². The number of para-hydroxylation sites is 1. The minimum absolute atomic E-state index is 0.0761. The fourth-order valence-electron chi connectivity index (χ4n) is 3.34. The van der Waals surface area contributed by atoms with Gasteiger partial charge in [-0.2, -0.15) is 4.98 Å². The van der Waals surface area contributed by atoms with Gasteiger partial charge in [0.2, 0.25) is 5.88 Å². The smallest absolute Gasteiger partial charge is 0.415 e. The van der Waals surface area contributed by atoms with Crippen molar-refractivity contribution in [3.63, 3.8) is 0 Å². The van der Waals surface area contributed by atoms with Gasteiger partial charge in [0.15, 0.2) is 0 Å². The predicted octanol–water partition coefficient (Wildman–Crippen LogP) is 4.03. The van der Waals surface area contributed by atoms with Crippen molar-refractivity contribution >= 4 is 11.8 Å². The minimum atomic E-state index is -0.351. The summed E-state index contributed by atoms with van der Waals surface area (Å²) < 4.78 is 11.5. The number of aromatic nitrogens is 3. The second kappa shape index (κ2) is 10.5. The van der Waals surface area contributed by atoms with Gasteiger partial charge in [-0.25, -0.2) is 9.78 Å². The van der Waals surface area contributed by atoms with Crippen molar-refractivity contribution in [1.82, 2.24) is 19.9 Å². The van der Waals surface area contributed by atoms with Crippen LogP contribution in [0.2, 0.25) is 0 Å². The summed E-state index contributed by atoms with van der Waals surface area (Å²) in [5.74, 6) is 1.30. The van der Waals surface area contributed by atoms with Gasteiger partial charge in [0, 0.05) is 43.9 Å². The summed E-state index contributed by atoms with van der Waals surface area (Å²) in [5.41, 5.74) is 2.20. The molecule has 0 atom stereocenters. The Balaban J connectivity index is 1.32. The van der Waals surface area contributed by atoms with E-state index < -0.39 is 0 Å². The molecule has 4 rings (SSSR count). The maximum absolute atomic E-state index is 12.4. The van der Waals surface area contributed by atoms with Crippen molar-refractivity contribution in [2.45, 2.75) is 32.8 Å². The SMILES string of the molecule is CC(=NOc1ncnc(OC2CCN(C(=O)Oc3ccccc3)CC2)c1C)c1cccnc1. The number of hydrogen-bond acceptors (Lipinski definition) is 8. The minimum Gasteiger partial charge on any atom is -0.474 e. The number of benzene rings is 1. The van der Waals surface area contributed by atoms with Gasteiger partial charge in [-0.3, -0.25) is 4.98 Å². The number of piperidine rings is 1. The molecule has 0 aliphatic carbocycles. The number of rotatable bonds is 6. The van der Waals surface area contributed by atoms with Gasteiger partial charge in [-0.15, -0.1) is 0 Å². The fraction of sp³-hybridized carbons (Fsp3) is 0.292. The summed E-state index contributed by atoms with van der Waals surface area (Å²) in [7, 11) is 0. The molecule has 3 heterocycles. The van der Waals surface area contributed by atoms with E-state index in [0.717, 1.165) is 5.56 Å². The molecule has 0 bridgehead atoms. The molecule has 1 aromatic carbocycles. The van der Waals surface area contributed by atoms with E-state index >= 15 is 0 Å². The van der Waals surface area contributed by atoms with E-state index in [4.69, 9.17) is 14.3 Å². The topological polar surface area (TPSA) is 99.0 Å². The Kier molecular flexibility index (Phi) is 7.09. The lowest BCUT2D eigenvalue weighted by molar-refractivity contribution is 0.0896. The average molecular weight is 447 g/mol. The first-order valence-corrected chi connectivity index (χ1v) is 10.7. The molecule has 0 saturated carbocycles. The number of pyridine rings is 1. The molecule has 9 heteroatoms. The Labute approximate surface area is 192 Å². The van der Waals surface area contributed by atoms with E-state index in [-0.39, 0.29) is 12.2 Å². The van der Waals surface area contributed by atoms with Gasteiger partial charge in [0.1, 0.15) is 18.2 Å². The summed E-state index contributed by atoms with van der Waals surface area (Å²) in [5, 5.41) is 4.15. The molecule has 1 saturated heterocycles. The zero-order valence-electron chi connectivity index (χ0n) is 18.5. The maximum atomic E-state index is 12.4. The molecule has 1 amide bonds. The van der Waals surface area contributed by atoms with E-state index in [1.165, 1.54) is 6.33 Å². The highest BCUT2D eigenvalue weighted by Crippen LogP contribution is 2.26. The van der Waals surface area contributed by atoms with Gasteiger partial charge >= 0.3 is 6.09 Å². The lowest BCUT2D eigenvalue weighted by atomic mass is 10.1. The highest BCUT2D eigenvalue weighted by molar-refractivity contribution is 5.98. The monoisotopic (exact) mass is 447 g/mol. The average Bonchev–Trinajstić information content (AvgIpc) is 2.86. The number of hydrogen-bond donors (Lipinski definition) is 0. The van der Waals surface area contributed by atoms with Crippen LogP contribution in [0.25, 0.3) is 0 Å². The second-order valence-corrected chi connectivity index (χ2v) is 7.60. The van der Waals surface area contributed by atoms with Crippen LogP contribution in [0.4, 0.5) is 4.79 Å². The van der Waals surface area contributed by atoms with Gasteiger partial charge in [-0.1, -0.05) is 23.4 Å². The molecule has 0 radical (unpaired) electrons. The van der Waals surface area contributed by atoms with Crippen LogP contribution in [0.1, 0.15) is 30.9 Å². The number of likely N-dealkylation sites (tertiary alicyclic amines) is 1. The third kappa shape index (κ3) is 5.82. The molecule has 1 aliphatic rings. The maximum Gasteiger partial charge on any atom is 0.415 e. The molecule has 0 spiro atoms. The zero-order valence-corrected chi connectivity index (χ0v) is 18.5. The van der Waals surface area contributed by atoms with Crippen LogP contribution in [0, 0.1) is 6.92 Å². The summed E-state index contributed by atoms with van der Waals surface area (Å²) in [6.45, 7) is 4.74. The highest BCUT2D eigenvalue weighted by atomic mass is 16.6. The normalized spacial score (nSPS) is 14.6. The summed E-state index contributed by atoms with van der Waals surface area (Å²) in [6, 6.07) is 12.8. The first-order valence-electron chi connectivity index (χ1n) is 10.7. The molecule has 2 aromatic heterocycles. The Morgan fingerprint density at radius 1 is 1.06 bits per heavy atom. The Morgan fingerprint density at radius 3 is 2.55 bits per heavy atom. The van der Waals surface area contributed by atoms with Crippen LogP contribution in [-0.2, 0) is 0 Å². The van der Waals surface area contributed by atoms with Crippen molar-refractivity contribution in [3.05, 3.63) is 72.3 Å². The summed E-state index contributed by atoms with van der Waals surface area (Å²) >= 11 is 0. The first kappa shape index (κ1) is 22.2. The van der Waals surface area contributed by atoms with E-state index in [2.05, 4.69) is 20.1 Å². The molecule has 1 aliphatic heterocycles. The van der Waals surface area contributed by atoms with Crippen LogP contribution in [-0.4, -0.2) is 50.9 Å². The Bertz CT molecular complexity index is 1100. The lowest BCUT2D eigenvalue weighted by Gasteiger charge is -2.31. The van der Waals surface area contributed by atoms with Crippen molar-refractivity contribution < 1.29 is 19.1 Å². The van der Waals surface area contributed by atoms with E-state index in [1.807, 2.05) is 44.2 Å². The van der Waals surface area contributed by atoms with Crippen LogP contribution in [0.15, 0.2) is 66.3 Å². The molecular formula is C24H25N5O4. The molecule has 33 heavy (non-hydrogen) atoms. The molecule has 170 valence electrons. The first-order chi connectivity index (χ1) is 16.1. The largest absolute Gasteiger partial charge is 0.474 e. The molecule has 1 fully saturated rings. The van der Waals surface area contributed by atoms with Crippen molar-refractivity contribution in [3.8, 4) is 17.5 Å². The highest BCUT2D eigenvalue weighted by Gasteiger charge is 2.26. The van der Waals surface area contributed by atoms with Crippen LogP contribution in [0.3, 0.4) is 0 Å². The number of nitrogens with zero attached hydrogens (tertiary/aromatic N) is 5. The predicted molar refractivity (Wildman–Crippen MR) is 122 cm³/mol. The van der Waals surface area contributed by atoms with E-state index in [0.29, 0.717) is 54.7 Å². The number of carbonyl (C=O) groups is 1. The molecule has 0 N–H and O–H groups in total. The molecular weight excluding hydrogens is 422 g/mol. The second-order valence-electron chi connectivity index (χ2n) is 7.60. The van der Waals surface area contributed by atoms with Gasteiger partial charge < -0.3 is 19.2 Å². The lowest BCUT2D eigenvalue weighted by Crippen LogP contribution is -2.43. The van der Waals surface area contributed by atoms with Crippen LogP contribution < -0.4 is 14.3 Å². The van der Waals surface area contributed by atoms with E-state index in [9.17, 15) is 4.79 Å². The number of carbonyl (C=O) groups excluding carboxylic acids is 1. The Hall–Kier alpha value is -4.01. The summed E-state index contributed by atoms with van der Waals surface area (Å²) in [6.07, 6.45) is 5.71. The fourth-order valence-corrected chi connectivity index (χ4v) is 3.34. The van der Waals surface area contributed by atoms with Crippen LogP contribution in [0.5, 0.6) is 17.5 Å². The van der Waals surface area contributed by atoms with Crippen molar-refractivity contribution in [1.29, 1.82) is 0 Å². The zero-order chi connectivity index (χ0) is 23.0. The number of oxime groups is 1. The third-order valence-corrected chi connectivity index (χ3v) is 5.27. The van der Waals surface area contributed by atoms with Crippen molar-refractivity contribution in [2.75, 3.05) is 13.1 Å². The van der Waals surface area contributed by atoms with Gasteiger partial charge in [-0.05, 0) is 38.1 Å². The molecule has 0 unspecified atom stereocenters. The Morgan fingerprint density at radius 2 is 1.82 bits per heavy atom. The van der Waals surface area contributed by atoms with E-state index in [1.54, 1.807) is 29.4 Å². The van der Waals surface area contributed by atoms with Gasteiger partial charge in [0.25, 0.3) is 5.88 Å². The standard InChI is InChI=1S/C24H25N5O4/c1-17-22(26-16-27-23(17)33-28-18(2)19-7-6-12-25-15-19)31-21-10-13-29(14-11-21)24(30)32-20-8-4-3-5-9-20/h3-9,12,15-16,21H,10-11,13-14H2,1-2H3. The molecule has 9 nitrogen and oxygen atoms in total. The quantitative estimate of drug-likeness (QED) is 0.416. The number of ether oxygens (including phenoxy) is 2. The molecule has 3 aromatic rings. The number of amides is 1. The van der Waals surface area contributed by atoms with Crippen LogP contribution >= 0.6 is 0 Å².